The van der Waals surface area contributed by atoms with Crippen LogP contribution in [0.4, 0.5) is 0 Å². The fourth-order valence-electron chi connectivity index (χ4n) is 2.43. The highest BCUT2D eigenvalue weighted by Gasteiger charge is 2.16. The van der Waals surface area contributed by atoms with Gasteiger partial charge < -0.3 is 14.8 Å². The van der Waals surface area contributed by atoms with Gasteiger partial charge in [-0.1, -0.05) is 6.92 Å². The predicted molar refractivity (Wildman–Crippen MR) is 80.3 cm³/mol. The van der Waals surface area contributed by atoms with Gasteiger partial charge in [-0.15, -0.1) is 0 Å². The van der Waals surface area contributed by atoms with E-state index in [0.29, 0.717) is 6.42 Å². The van der Waals surface area contributed by atoms with Gasteiger partial charge in [-0.2, -0.15) is 0 Å². The second-order valence-electron chi connectivity index (χ2n) is 4.98. The average molecular weight is 279 g/mol. The van der Waals surface area contributed by atoms with E-state index in [1.54, 1.807) is 7.11 Å². The molecule has 1 N–H and O–H groups in total. The van der Waals surface area contributed by atoms with Gasteiger partial charge in [-0.3, -0.25) is 4.79 Å². The lowest BCUT2D eigenvalue weighted by atomic mass is 9.94. The van der Waals surface area contributed by atoms with Crippen molar-refractivity contribution in [2.45, 2.75) is 39.7 Å². The van der Waals surface area contributed by atoms with E-state index < -0.39 is 0 Å². The largest absolute Gasteiger partial charge is 0.497 e. The van der Waals surface area contributed by atoms with Gasteiger partial charge in [0.25, 0.3) is 0 Å². The molecule has 20 heavy (non-hydrogen) atoms. The van der Waals surface area contributed by atoms with Crippen molar-refractivity contribution in [2.75, 3.05) is 20.8 Å². The Labute approximate surface area is 121 Å². The number of hydrogen-bond acceptors (Lipinski definition) is 4. The zero-order valence-electron chi connectivity index (χ0n) is 13.1. The van der Waals surface area contributed by atoms with E-state index in [-0.39, 0.29) is 12.0 Å². The summed E-state index contributed by atoms with van der Waals surface area (Å²) in [6.07, 6.45) is 1.19. The topological polar surface area (TPSA) is 47.6 Å². The standard InChI is InChI=1S/C16H25NO3/c1-6-17-13(10-16(18)20-5)9-15-11(2)7-14(19-4)8-12(15)3/h7-8,13,17H,6,9-10H2,1-5H3. The molecule has 0 saturated carbocycles. The van der Waals surface area contributed by atoms with Gasteiger partial charge in [0, 0.05) is 6.04 Å². The molecular formula is C16H25NO3. The molecule has 1 aromatic carbocycles. The van der Waals surface area contributed by atoms with Crippen molar-refractivity contribution in [1.82, 2.24) is 5.32 Å². The molecule has 1 unspecified atom stereocenters. The van der Waals surface area contributed by atoms with E-state index in [1.807, 2.05) is 19.1 Å². The molecule has 0 bridgehead atoms. The summed E-state index contributed by atoms with van der Waals surface area (Å²) >= 11 is 0. The van der Waals surface area contributed by atoms with E-state index in [0.717, 1.165) is 18.7 Å². The van der Waals surface area contributed by atoms with Crippen molar-refractivity contribution in [1.29, 1.82) is 0 Å². The Hall–Kier alpha value is -1.55. The van der Waals surface area contributed by atoms with Gasteiger partial charge in [-0.25, -0.2) is 0 Å². The number of ether oxygens (including phenoxy) is 2. The summed E-state index contributed by atoms with van der Waals surface area (Å²) in [6, 6.07) is 4.16. The van der Waals surface area contributed by atoms with E-state index >= 15 is 0 Å². The van der Waals surface area contributed by atoms with E-state index in [2.05, 4.69) is 19.2 Å². The third kappa shape index (κ3) is 4.53. The second-order valence-corrected chi connectivity index (χ2v) is 4.98. The summed E-state index contributed by atoms with van der Waals surface area (Å²) in [5.74, 6) is 0.691. The Morgan fingerprint density at radius 2 is 1.85 bits per heavy atom. The molecule has 0 amide bonds. The van der Waals surface area contributed by atoms with Crippen LogP contribution in [0.2, 0.25) is 0 Å². The van der Waals surface area contributed by atoms with E-state index in [4.69, 9.17) is 9.47 Å². The van der Waals surface area contributed by atoms with E-state index in [1.165, 1.54) is 23.8 Å². The van der Waals surface area contributed by atoms with Crippen LogP contribution in [0.3, 0.4) is 0 Å². The number of carbonyl (C=O) groups is 1. The second kappa shape index (κ2) is 7.90. The smallest absolute Gasteiger partial charge is 0.307 e. The molecule has 112 valence electrons. The summed E-state index contributed by atoms with van der Waals surface area (Å²) < 4.78 is 10.0. The van der Waals surface area contributed by atoms with Crippen LogP contribution < -0.4 is 10.1 Å². The monoisotopic (exact) mass is 279 g/mol. The van der Waals surface area contributed by atoms with Crippen LogP contribution in [0.15, 0.2) is 12.1 Å². The Morgan fingerprint density at radius 3 is 2.30 bits per heavy atom. The quantitative estimate of drug-likeness (QED) is 0.779. The fraction of sp³-hybridized carbons (Fsp3) is 0.562. The van der Waals surface area contributed by atoms with Crippen molar-refractivity contribution in [3.63, 3.8) is 0 Å². The summed E-state index contributed by atoms with van der Waals surface area (Å²) in [6.45, 7) is 7.02. The maximum absolute atomic E-state index is 11.5. The summed E-state index contributed by atoms with van der Waals surface area (Å²) in [5.41, 5.74) is 3.64. The molecule has 0 heterocycles. The average Bonchev–Trinajstić information content (AvgIpc) is 2.42. The Balaban J connectivity index is 2.90. The van der Waals surface area contributed by atoms with Crippen LogP contribution in [-0.4, -0.2) is 32.8 Å². The Bertz CT molecular complexity index is 434. The van der Waals surface area contributed by atoms with Crippen LogP contribution in [0.5, 0.6) is 5.75 Å². The third-order valence-corrected chi connectivity index (χ3v) is 3.49. The van der Waals surface area contributed by atoms with Crippen molar-refractivity contribution in [3.05, 3.63) is 28.8 Å². The molecule has 0 fully saturated rings. The van der Waals surface area contributed by atoms with Crippen LogP contribution in [0, 0.1) is 13.8 Å². The molecule has 0 aliphatic heterocycles. The van der Waals surface area contributed by atoms with Crippen molar-refractivity contribution in [3.8, 4) is 5.75 Å². The van der Waals surface area contributed by atoms with Gasteiger partial charge in [0.05, 0.1) is 20.6 Å². The van der Waals surface area contributed by atoms with Gasteiger partial charge in [0.1, 0.15) is 5.75 Å². The number of hydrogen-bond donors (Lipinski definition) is 1. The Morgan fingerprint density at radius 1 is 1.25 bits per heavy atom. The summed E-state index contributed by atoms with van der Waals surface area (Å²) in [7, 11) is 3.10. The predicted octanol–water partition coefficient (Wildman–Crippen LogP) is 2.40. The van der Waals surface area contributed by atoms with Gasteiger partial charge in [-0.05, 0) is 55.6 Å². The molecule has 0 spiro atoms. The number of likely N-dealkylation sites (N-methyl/N-ethyl adjacent to an activating group) is 1. The molecule has 0 aliphatic carbocycles. The highest BCUT2D eigenvalue weighted by atomic mass is 16.5. The molecule has 0 saturated heterocycles. The SMILES string of the molecule is CCNC(CC(=O)OC)Cc1c(C)cc(OC)cc1C. The first-order valence-electron chi connectivity index (χ1n) is 6.96. The Kier molecular flexibility index (Phi) is 6.52. The molecule has 4 nitrogen and oxygen atoms in total. The number of esters is 1. The van der Waals surface area contributed by atoms with Crippen molar-refractivity contribution in [2.24, 2.45) is 0 Å². The lowest BCUT2D eigenvalue weighted by Crippen LogP contribution is -2.34. The van der Waals surface area contributed by atoms with Crippen LogP contribution >= 0.6 is 0 Å². The molecule has 1 atom stereocenters. The molecule has 1 aromatic rings. The number of rotatable bonds is 7. The molecule has 1 rings (SSSR count). The lowest BCUT2D eigenvalue weighted by molar-refractivity contribution is -0.141. The highest BCUT2D eigenvalue weighted by molar-refractivity contribution is 5.70. The zero-order chi connectivity index (χ0) is 15.1. The maximum atomic E-state index is 11.5. The highest BCUT2D eigenvalue weighted by Crippen LogP contribution is 2.23. The number of benzene rings is 1. The van der Waals surface area contributed by atoms with Crippen LogP contribution in [0.1, 0.15) is 30.0 Å². The van der Waals surface area contributed by atoms with Gasteiger partial charge in [0.2, 0.25) is 0 Å². The number of nitrogens with one attached hydrogen (secondary N) is 1. The minimum absolute atomic E-state index is 0.0956. The van der Waals surface area contributed by atoms with Crippen LogP contribution in [-0.2, 0) is 16.0 Å². The van der Waals surface area contributed by atoms with Crippen LogP contribution in [0.25, 0.3) is 0 Å². The van der Waals surface area contributed by atoms with Crippen molar-refractivity contribution >= 4 is 5.97 Å². The van der Waals surface area contributed by atoms with Gasteiger partial charge in [0.15, 0.2) is 0 Å². The molecule has 4 heteroatoms. The third-order valence-electron chi connectivity index (χ3n) is 3.49. The van der Waals surface area contributed by atoms with E-state index in [9.17, 15) is 4.79 Å². The zero-order valence-corrected chi connectivity index (χ0v) is 13.1. The lowest BCUT2D eigenvalue weighted by Gasteiger charge is -2.20. The van der Waals surface area contributed by atoms with Gasteiger partial charge >= 0.3 is 5.97 Å². The molecule has 0 aliphatic rings. The number of aryl methyl sites for hydroxylation is 2. The normalized spacial score (nSPS) is 12.1. The summed E-state index contributed by atoms with van der Waals surface area (Å²) in [5, 5.41) is 3.35. The molecular weight excluding hydrogens is 254 g/mol. The minimum atomic E-state index is -0.181. The summed E-state index contributed by atoms with van der Waals surface area (Å²) in [4.78, 5) is 11.5. The van der Waals surface area contributed by atoms with Crippen molar-refractivity contribution < 1.29 is 14.3 Å². The molecule has 0 aromatic heterocycles. The first kappa shape index (κ1) is 16.5. The number of carbonyl (C=O) groups excluding carboxylic acids is 1. The minimum Gasteiger partial charge on any atom is -0.497 e. The maximum Gasteiger partial charge on any atom is 0.307 e. The first-order valence-corrected chi connectivity index (χ1v) is 6.96. The molecule has 0 radical (unpaired) electrons. The first-order chi connectivity index (χ1) is 9.51. The number of methoxy groups -OCH3 is 2. The fourth-order valence-corrected chi connectivity index (χ4v) is 2.43.